The molecule has 0 aromatic carbocycles. The Kier molecular flexibility index (Phi) is 47.7. The van der Waals surface area contributed by atoms with Crippen molar-refractivity contribution in [3.8, 4) is 0 Å². The van der Waals surface area contributed by atoms with Crippen LogP contribution in [0.1, 0.15) is 33.1 Å². The van der Waals surface area contributed by atoms with Gasteiger partial charge >= 0.3 is 5.97 Å². The number of esters is 1. The number of alkyl halides is 4. The molecule has 0 fully saturated rings. The highest BCUT2D eigenvalue weighted by atomic mass is 28.5. The molecule has 0 aromatic heterocycles. The molecule has 0 bridgehead atoms. The summed E-state index contributed by atoms with van der Waals surface area (Å²) in [5, 5.41) is 0. The summed E-state index contributed by atoms with van der Waals surface area (Å²) in [7, 11) is -43.6. The standard InChI is InChI=1S/C79H196F4O14Si22/c1-76(2)77(84)86-51-49-53-99(6,7)88-101(10,11)55-57-103(14,15)90-105(18,19)59-61-107(22,23)92-109(26,27)63-65-111(30,31)94-113(34,35)67-69-115(38,39)96-117(42,43)71-73-119(46,47)97-118(44,45)72-70-116(40,41)95-114(36,37)68-66-112(32,33)93-110(28,29)64-62-108(24,25)91-106(20,21)60-58-104(16,17)89-102(12,13)56-54-100(8,9)87-98(4,5)52-48-50-85-75-79(82,83)74-78(3,80)81/h1,48-75H2,2-47H3. The Morgan fingerprint density at radius 1 is 0.235 bits per heavy atom. The lowest BCUT2D eigenvalue weighted by molar-refractivity contribution is -0.139. The maximum Gasteiger partial charge on any atom is 0.333 e. The lowest BCUT2D eigenvalue weighted by atomic mass is 10.1. The predicted molar refractivity (Wildman–Crippen MR) is 568 cm³/mol. The van der Waals surface area contributed by atoms with Crippen LogP contribution in [-0.2, 0) is 59.5 Å². The molecule has 0 unspecified atom stereocenters. The monoisotopic (exact) mass is 2060 g/mol. The topological polar surface area (TPSA) is 137 Å². The van der Waals surface area contributed by atoms with Gasteiger partial charge in [0, 0.05) is 12.2 Å². The van der Waals surface area contributed by atoms with Crippen LogP contribution in [0.4, 0.5) is 17.6 Å². The smallest absolute Gasteiger partial charge is 0.333 e. The van der Waals surface area contributed by atoms with E-state index in [0.717, 1.165) is 139 Å². The Hall–Kier alpha value is 3.22. The quantitative estimate of drug-likeness (QED) is 0.0188. The van der Waals surface area contributed by atoms with Crippen molar-refractivity contribution in [1.29, 1.82) is 0 Å². The molecule has 0 aliphatic heterocycles. The first-order valence-electron chi connectivity index (χ1n) is 46.0. The fourth-order valence-corrected chi connectivity index (χ4v) is 142. The van der Waals surface area contributed by atoms with E-state index in [4.69, 9.17) is 54.7 Å². The minimum Gasteiger partial charge on any atom is -0.462 e. The highest BCUT2D eigenvalue weighted by molar-refractivity contribution is 6.95. The van der Waals surface area contributed by atoms with Crippen LogP contribution in [-0.4, -0.2) is 221 Å². The lowest BCUT2D eigenvalue weighted by Crippen LogP contribution is -2.51. The zero-order valence-corrected chi connectivity index (χ0v) is 109. The molecule has 119 heavy (non-hydrogen) atoms. The second kappa shape index (κ2) is 46.4. The third-order valence-electron chi connectivity index (χ3n) is 22.8. The second-order valence-corrected chi connectivity index (χ2v) is 148. The molecule has 712 valence electrons. The van der Waals surface area contributed by atoms with Gasteiger partial charge in [0.25, 0.3) is 11.8 Å². The molecular weight excluding hydrogens is 1870 g/mol. The Morgan fingerprint density at radius 2 is 0.361 bits per heavy atom. The van der Waals surface area contributed by atoms with E-state index in [2.05, 4.69) is 295 Å². The number of halogens is 4. The third kappa shape index (κ3) is 61.6. The van der Waals surface area contributed by atoms with Gasteiger partial charge in [0.1, 0.15) is 6.61 Å². The minimum atomic E-state index is -3.55. The molecule has 40 heteroatoms. The summed E-state index contributed by atoms with van der Waals surface area (Å²) < 4.78 is 145. The molecule has 0 aliphatic carbocycles. The first-order chi connectivity index (χ1) is 52.1. The van der Waals surface area contributed by atoms with Crippen molar-refractivity contribution < 1.29 is 77.1 Å². The van der Waals surface area contributed by atoms with Crippen LogP contribution in [0.2, 0.25) is 421 Å². The van der Waals surface area contributed by atoms with Crippen LogP contribution in [0, 0.1) is 0 Å². The average molecular weight is 2060 g/mol. The lowest BCUT2D eigenvalue weighted by Gasteiger charge is -2.41. The first-order valence-corrected chi connectivity index (χ1v) is 115. The van der Waals surface area contributed by atoms with E-state index in [1.165, 1.54) is 0 Å². The van der Waals surface area contributed by atoms with E-state index < -0.39 is 208 Å². The van der Waals surface area contributed by atoms with Crippen molar-refractivity contribution in [1.82, 2.24) is 0 Å². The highest BCUT2D eigenvalue weighted by Crippen LogP contribution is 2.41. The molecule has 0 saturated carbocycles. The summed E-state index contributed by atoms with van der Waals surface area (Å²) in [6.45, 7) is 112. The number of ether oxygens (including phenoxy) is 2. The molecular formula is C79H196F4O14Si22. The minimum absolute atomic E-state index is 0.109. The van der Waals surface area contributed by atoms with E-state index >= 15 is 0 Å². The molecule has 0 saturated heterocycles. The zero-order chi connectivity index (χ0) is 94.1. The van der Waals surface area contributed by atoms with Crippen molar-refractivity contribution in [2.45, 2.75) is 466 Å². The average Bonchev–Trinajstić information content (AvgIpc) is 0.824. The van der Waals surface area contributed by atoms with Gasteiger partial charge < -0.3 is 54.7 Å². The zero-order valence-electron chi connectivity index (χ0n) is 86.7. The van der Waals surface area contributed by atoms with Crippen molar-refractivity contribution in [2.75, 3.05) is 19.8 Å². The van der Waals surface area contributed by atoms with Crippen LogP contribution >= 0.6 is 0 Å². The van der Waals surface area contributed by atoms with Crippen LogP contribution in [0.15, 0.2) is 12.2 Å². The highest BCUT2D eigenvalue weighted by Gasteiger charge is 2.49. The normalized spacial score (nSPS) is 15.4. The molecule has 0 heterocycles. The Labute approximate surface area is 757 Å². The van der Waals surface area contributed by atoms with Gasteiger partial charge in [0.2, 0.25) is 0 Å². The maximum atomic E-state index is 14.0. The fourth-order valence-electron chi connectivity index (χ4n) is 17.5. The first kappa shape index (κ1) is 122. The summed E-state index contributed by atoms with van der Waals surface area (Å²) in [6.07, 6.45) is -0.102. The molecule has 0 aliphatic rings. The number of hydrogen-bond acceptors (Lipinski definition) is 14. The van der Waals surface area contributed by atoms with Gasteiger partial charge in [-0.25, -0.2) is 22.4 Å². The maximum absolute atomic E-state index is 14.0. The Morgan fingerprint density at radius 3 is 0.487 bits per heavy atom. The number of hydrogen-bond donors (Lipinski definition) is 0. The van der Waals surface area contributed by atoms with Crippen LogP contribution in [0.5, 0.6) is 0 Å². The number of carbonyl (C=O) groups excluding carboxylic acids is 1. The SMILES string of the molecule is C=C(C)C(=O)OCCC[Si](C)(C)O[Si](C)(C)CC[Si](C)(C)O[Si](C)(C)CC[Si](C)(C)O[Si](C)(C)CC[Si](C)(C)O[Si](C)(C)CC[Si](C)(C)O[Si](C)(C)CC[Si](C)(C)O[Si](C)(C)CC[Si](C)(C)O[Si](C)(C)CC[Si](C)(C)O[Si](C)(C)CC[Si](C)(C)O[Si](C)(C)CC[Si](C)(C)O[Si](C)(C)CC[Si](C)(C)O[Si](C)(C)CCCOCC(F)(F)CC(C)(F)F. The van der Waals surface area contributed by atoms with Crippen molar-refractivity contribution in [2.24, 2.45) is 0 Å². The van der Waals surface area contributed by atoms with Crippen LogP contribution < -0.4 is 0 Å². The summed E-state index contributed by atoms with van der Waals surface area (Å²) in [5.74, 6) is -7.30. The Balaban J connectivity index is 5.35. The number of rotatable bonds is 65. The van der Waals surface area contributed by atoms with Gasteiger partial charge in [0.15, 0.2) is 183 Å². The van der Waals surface area contributed by atoms with Gasteiger partial charge in [-0.1, -0.05) is 6.58 Å². The van der Waals surface area contributed by atoms with Crippen molar-refractivity contribution >= 4 is 189 Å². The van der Waals surface area contributed by atoms with E-state index in [0.29, 0.717) is 25.5 Å². The van der Waals surface area contributed by atoms with Gasteiger partial charge in [0.05, 0.1) is 13.0 Å². The summed E-state index contributed by atoms with van der Waals surface area (Å²) in [6, 6.07) is 24.3. The third-order valence-corrected chi connectivity index (χ3v) is 109. The van der Waals surface area contributed by atoms with E-state index in [-0.39, 0.29) is 12.6 Å². The predicted octanol–water partition coefficient (Wildman–Crippen LogP) is 30.3. The molecule has 0 amide bonds. The fraction of sp³-hybridized carbons (Fsp3) is 0.962. The summed E-state index contributed by atoms with van der Waals surface area (Å²) >= 11 is 0. The van der Waals surface area contributed by atoms with Crippen molar-refractivity contribution in [3.63, 3.8) is 0 Å². The van der Waals surface area contributed by atoms with Gasteiger partial charge in [-0.3, -0.25) is 0 Å². The summed E-state index contributed by atoms with van der Waals surface area (Å²) in [4.78, 5) is 11.9. The Bertz CT molecular complexity index is 3040. The van der Waals surface area contributed by atoms with Gasteiger partial charge in [-0.05, 0) is 448 Å². The number of carbonyl (C=O) groups is 1. The van der Waals surface area contributed by atoms with Crippen LogP contribution in [0.3, 0.4) is 0 Å². The van der Waals surface area contributed by atoms with Gasteiger partial charge in [-0.2, -0.15) is 0 Å². The van der Waals surface area contributed by atoms with Crippen molar-refractivity contribution in [3.05, 3.63) is 12.2 Å². The van der Waals surface area contributed by atoms with Gasteiger partial charge in [-0.15, -0.1) is 0 Å². The molecule has 0 radical (unpaired) electrons. The largest absolute Gasteiger partial charge is 0.462 e. The van der Waals surface area contributed by atoms with Crippen LogP contribution in [0.25, 0.3) is 0 Å². The van der Waals surface area contributed by atoms with E-state index in [1.54, 1.807) is 6.92 Å². The second-order valence-electron chi connectivity index (χ2n) is 50.1. The molecule has 0 atom stereocenters. The summed E-state index contributed by atoms with van der Waals surface area (Å²) in [5.41, 5.74) is 0.446. The molecule has 0 spiro atoms. The molecule has 0 aromatic rings. The van der Waals surface area contributed by atoms with E-state index in [9.17, 15) is 22.4 Å². The molecule has 0 N–H and O–H groups in total. The molecule has 14 nitrogen and oxygen atoms in total. The molecule has 0 rings (SSSR count). The van der Waals surface area contributed by atoms with E-state index in [1.807, 2.05) is 0 Å².